The van der Waals surface area contributed by atoms with E-state index in [1.165, 1.54) is 23.5 Å². The maximum atomic E-state index is 11.8. The minimum absolute atomic E-state index is 0.389. The molecule has 0 bridgehead atoms. The summed E-state index contributed by atoms with van der Waals surface area (Å²) in [5.41, 5.74) is 6.72. The van der Waals surface area contributed by atoms with Crippen LogP contribution in [0.15, 0.2) is 12.2 Å². The monoisotopic (exact) mass is 308 g/mol. The number of carbonyl (C=O) groups excluding carboxylic acids is 3. The highest BCUT2D eigenvalue weighted by molar-refractivity contribution is 7.17. The number of carbonyl (C=O) groups is 3. The third kappa shape index (κ3) is 3.49. The zero-order valence-electron chi connectivity index (χ0n) is 11.6. The van der Waals surface area contributed by atoms with Crippen LogP contribution in [0.4, 0.5) is 5.00 Å². The second kappa shape index (κ2) is 6.53. The van der Waals surface area contributed by atoms with Crippen molar-refractivity contribution >= 4 is 34.1 Å². The third-order valence-corrected chi connectivity index (χ3v) is 4.28. The van der Waals surface area contributed by atoms with Gasteiger partial charge < -0.3 is 15.8 Å². The molecule has 0 aromatic carbocycles. The zero-order valence-corrected chi connectivity index (χ0v) is 12.4. The number of nitrogens with two attached hydrogens (primary N) is 1. The number of amides is 2. The van der Waals surface area contributed by atoms with Crippen molar-refractivity contribution in [3.63, 3.8) is 0 Å². The Morgan fingerprint density at radius 3 is 2.81 bits per heavy atom. The number of anilines is 1. The molecular weight excluding hydrogens is 292 g/mol. The molecule has 1 aromatic rings. The third-order valence-electron chi connectivity index (χ3n) is 3.07. The fourth-order valence-corrected chi connectivity index (χ4v) is 3.55. The molecule has 1 heterocycles. The number of thiophene rings is 1. The standard InChI is InChI=1S/C14H16N2O4S/c1-2-4-11(18)20-7-10(17)16-14-12(13(15)19)8-5-3-6-9(8)21-14/h2,4H,3,5-7H2,1H3,(H2,15,19)(H,16,17)/b4-2+. The average molecular weight is 308 g/mol. The van der Waals surface area contributed by atoms with Crippen LogP contribution in [0.2, 0.25) is 0 Å². The van der Waals surface area contributed by atoms with Gasteiger partial charge in [-0.3, -0.25) is 9.59 Å². The van der Waals surface area contributed by atoms with E-state index in [4.69, 9.17) is 10.5 Å². The Balaban J connectivity index is 2.05. The summed E-state index contributed by atoms with van der Waals surface area (Å²) in [7, 11) is 0. The highest BCUT2D eigenvalue weighted by Gasteiger charge is 2.26. The lowest BCUT2D eigenvalue weighted by atomic mass is 10.1. The van der Waals surface area contributed by atoms with E-state index >= 15 is 0 Å². The summed E-state index contributed by atoms with van der Waals surface area (Å²) >= 11 is 1.36. The van der Waals surface area contributed by atoms with Crippen LogP contribution in [0, 0.1) is 0 Å². The van der Waals surface area contributed by atoms with Crippen LogP contribution in [0.25, 0.3) is 0 Å². The molecule has 2 amide bonds. The topological polar surface area (TPSA) is 98.5 Å². The normalized spacial score (nSPS) is 13.2. The van der Waals surface area contributed by atoms with Gasteiger partial charge in [0.05, 0.1) is 5.56 Å². The Labute approximate surface area is 126 Å². The lowest BCUT2D eigenvalue weighted by Gasteiger charge is -2.06. The van der Waals surface area contributed by atoms with E-state index in [9.17, 15) is 14.4 Å². The lowest BCUT2D eigenvalue weighted by Crippen LogP contribution is -2.22. The summed E-state index contributed by atoms with van der Waals surface area (Å²) in [6.45, 7) is 1.28. The Kier molecular flexibility index (Phi) is 4.74. The van der Waals surface area contributed by atoms with E-state index in [1.54, 1.807) is 6.92 Å². The first-order chi connectivity index (χ1) is 10.0. The second-order valence-electron chi connectivity index (χ2n) is 4.58. The molecule has 112 valence electrons. The maximum Gasteiger partial charge on any atom is 0.330 e. The highest BCUT2D eigenvalue weighted by Crippen LogP contribution is 2.38. The van der Waals surface area contributed by atoms with Crippen molar-refractivity contribution in [1.82, 2.24) is 0 Å². The molecule has 6 nitrogen and oxygen atoms in total. The molecule has 2 rings (SSSR count). The summed E-state index contributed by atoms with van der Waals surface area (Å²) in [5.74, 6) is -1.62. The number of rotatable bonds is 5. The highest BCUT2D eigenvalue weighted by atomic mass is 32.1. The molecule has 0 spiro atoms. The van der Waals surface area contributed by atoms with Crippen LogP contribution in [0.1, 0.15) is 34.1 Å². The fourth-order valence-electron chi connectivity index (χ4n) is 2.24. The number of aryl methyl sites for hydroxylation is 1. The summed E-state index contributed by atoms with van der Waals surface area (Å²) in [5, 5.41) is 3.04. The van der Waals surface area contributed by atoms with Crippen LogP contribution >= 0.6 is 11.3 Å². The first-order valence-corrected chi connectivity index (χ1v) is 7.38. The summed E-state index contributed by atoms with van der Waals surface area (Å²) in [6, 6.07) is 0. The largest absolute Gasteiger partial charge is 0.452 e. The molecule has 21 heavy (non-hydrogen) atoms. The Morgan fingerprint density at radius 2 is 2.14 bits per heavy atom. The molecule has 0 unspecified atom stereocenters. The van der Waals surface area contributed by atoms with E-state index in [-0.39, 0.29) is 0 Å². The Hall–Kier alpha value is -2.15. The fraction of sp³-hybridized carbons (Fsp3) is 0.357. The molecule has 0 radical (unpaired) electrons. The summed E-state index contributed by atoms with van der Waals surface area (Å²) in [4.78, 5) is 35.5. The van der Waals surface area contributed by atoms with Gasteiger partial charge in [-0.1, -0.05) is 6.08 Å². The first kappa shape index (κ1) is 15.2. The molecule has 0 aliphatic heterocycles. The minimum Gasteiger partial charge on any atom is -0.452 e. The number of fused-ring (bicyclic) bond motifs is 1. The Morgan fingerprint density at radius 1 is 1.38 bits per heavy atom. The number of esters is 1. The first-order valence-electron chi connectivity index (χ1n) is 6.56. The van der Waals surface area contributed by atoms with E-state index in [0.717, 1.165) is 29.7 Å². The van der Waals surface area contributed by atoms with Crippen molar-refractivity contribution in [3.8, 4) is 0 Å². The average Bonchev–Trinajstić information content (AvgIpc) is 2.96. The molecule has 0 saturated heterocycles. The molecule has 3 N–H and O–H groups in total. The lowest BCUT2D eigenvalue weighted by molar-refractivity contribution is -0.142. The van der Waals surface area contributed by atoms with Crippen LogP contribution in [-0.4, -0.2) is 24.4 Å². The SMILES string of the molecule is C/C=C/C(=O)OCC(=O)Nc1sc2c(c1C(N)=O)CCC2. The number of hydrogen-bond donors (Lipinski definition) is 2. The summed E-state index contributed by atoms with van der Waals surface area (Å²) in [6.07, 6.45) is 5.44. The maximum absolute atomic E-state index is 11.8. The van der Waals surface area contributed by atoms with Crippen molar-refractivity contribution in [3.05, 3.63) is 28.2 Å². The smallest absolute Gasteiger partial charge is 0.330 e. The quantitative estimate of drug-likeness (QED) is 0.634. The predicted molar refractivity (Wildman–Crippen MR) is 79.3 cm³/mol. The number of hydrogen-bond acceptors (Lipinski definition) is 5. The second-order valence-corrected chi connectivity index (χ2v) is 5.69. The van der Waals surface area contributed by atoms with Crippen LogP contribution in [-0.2, 0) is 27.2 Å². The van der Waals surface area contributed by atoms with Crippen LogP contribution in [0.5, 0.6) is 0 Å². The van der Waals surface area contributed by atoms with Gasteiger partial charge in [-0.05, 0) is 31.7 Å². The van der Waals surface area contributed by atoms with Gasteiger partial charge in [-0.15, -0.1) is 11.3 Å². The minimum atomic E-state index is -0.587. The van der Waals surface area contributed by atoms with Crippen molar-refractivity contribution in [2.24, 2.45) is 5.73 Å². The molecule has 0 fully saturated rings. The van der Waals surface area contributed by atoms with Crippen molar-refractivity contribution in [2.45, 2.75) is 26.2 Å². The van der Waals surface area contributed by atoms with Gasteiger partial charge in [-0.25, -0.2) is 4.79 Å². The van der Waals surface area contributed by atoms with Gasteiger partial charge in [0.15, 0.2) is 6.61 Å². The van der Waals surface area contributed by atoms with E-state index < -0.39 is 24.4 Å². The van der Waals surface area contributed by atoms with Gasteiger partial charge >= 0.3 is 5.97 Å². The number of primary amides is 1. The molecule has 1 aliphatic carbocycles. The van der Waals surface area contributed by atoms with Gasteiger partial charge in [0, 0.05) is 11.0 Å². The molecule has 0 atom stereocenters. The predicted octanol–water partition coefficient (Wildman–Crippen LogP) is 1.39. The number of allylic oxidation sites excluding steroid dienone is 1. The van der Waals surface area contributed by atoms with Gasteiger partial charge in [0.25, 0.3) is 11.8 Å². The Bertz CT molecular complexity index is 619. The van der Waals surface area contributed by atoms with Gasteiger partial charge in [-0.2, -0.15) is 0 Å². The molecule has 1 aromatic heterocycles. The van der Waals surface area contributed by atoms with Crippen LogP contribution < -0.4 is 11.1 Å². The number of nitrogens with one attached hydrogen (secondary N) is 1. The van der Waals surface area contributed by atoms with E-state index in [0.29, 0.717) is 10.6 Å². The molecule has 7 heteroatoms. The zero-order chi connectivity index (χ0) is 15.4. The number of ether oxygens (including phenoxy) is 1. The van der Waals surface area contributed by atoms with Crippen molar-refractivity contribution in [2.75, 3.05) is 11.9 Å². The van der Waals surface area contributed by atoms with Crippen LogP contribution in [0.3, 0.4) is 0 Å². The van der Waals surface area contributed by atoms with Crippen molar-refractivity contribution < 1.29 is 19.1 Å². The summed E-state index contributed by atoms with van der Waals surface area (Å²) < 4.78 is 4.74. The van der Waals surface area contributed by atoms with E-state index in [2.05, 4.69) is 5.32 Å². The van der Waals surface area contributed by atoms with Gasteiger partial charge in [0.2, 0.25) is 0 Å². The molecule has 0 saturated carbocycles. The molecular formula is C14H16N2O4S. The van der Waals surface area contributed by atoms with Gasteiger partial charge in [0.1, 0.15) is 5.00 Å². The van der Waals surface area contributed by atoms with E-state index in [1.807, 2.05) is 0 Å². The van der Waals surface area contributed by atoms with Crippen molar-refractivity contribution in [1.29, 1.82) is 0 Å². The molecule has 1 aliphatic rings.